The minimum Gasteiger partial charge on any atom is -0.349 e. The minimum atomic E-state index is 0.417. The maximum absolute atomic E-state index is 5.33. The highest BCUT2D eigenvalue weighted by Gasteiger charge is 1.97. The fourth-order valence-electron chi connectivity index (χ4n) is 0.918. The summed E-state index contributed by atoms with van der Waals surface area (Å²) in [6.07, 6.45) is 8.50. The Hall–Kier alpha value is -0.670. The summed E-state index contributed by atoms with van der Waals surface area (Å²) in [5, 5.41) is 3.05. The highest BCUT2D eigenvalue weighted by molar-refractivity contribution is 7.80. The zero-order valence-electron chi connectivity index (χ0n) is 6.34. The van der Waals surface area contributed by atoms with Crippen LogP contribution in [-0.4, -0.2) is 11.5 Å². The molecule has 0 aliphatic heterocycles. The van der Waals surface area contributed by atoms with E-state index < -0.39 is 0 Å². The van der Waals surface area contributed by atoms with Gasteiger partial charge in [0.25, 0.3) is 0 Å². The van der Waals surface area contributed by atoms with Crippen molar-refractivity contribution in [3.8, 4) is 0 Å². The lowest BCUT2D eigenvalue weighted by molar-refractivity contribution is 0.983. The van der Waals surface area contributed by atoms with Gasteiger partial charge in [-0.25, -0.2) is 0 Å². The van der Waals surface area contributed by atoms with Gasteiger partial charge in [0.2, 0.25) is 0 Å². The van der Waals surface area contributed by atoms with Crippen LogP contribution in [0, 0.1) is 0 Å². The number of rotatable bonds is 2. The van der Waals surface area contributed by atoms with Gasteiger partial charge in [0.05, 0.1) is 4.99 Å². The van der Waals surface area contributed by atoms with Crippen LogP contribution < -0.4 is 11.1 Å². The summed E-state index contributed by atoms with van der Waals surface area (Å²) in [5.74, 6) is 0. The molecule has 3 heteroatoms. The molecule has 2 nitrogen and oxygen atoms in total. The van der Waals surface area contributed by atoms with E-state index >= 15 is 0 Å². The number of nitrogens with one attached hydrogen (secondary N) is 1. The van der Waals surface area contributed by atoms with Gasteiger partial charge in [0.15, 0.2) is 0 Å². The van der Waals surface area contributed by atoms with E-state index in [1.807, 2.05) is 6.08 Å². The average molecular weight is 168 g/mol. The topological polar surface area (TPSA) is 38.0 Å². The molecule has 0 aromatic rings. The molecule has 1 rings (SSSR count). The second-order valence-corrected chi connectivity index (χ2v) is 2.88. The predicted octanol–water partition coefficient (Wildman–Crippen LogP) is 1.10. The van der Waals surface area contributed by atoms with E-state index in [4.69, 9.17) is 18.0 Å². The van der Waals surface area contributed by atoms with Gasteiger partial charge in [-0.1, -0.05) is 24.4 Å². The molecule has 0 radical (unpaired) electrons. The number of thiocarbonyl (C=S) groups is 1. The van der Waals surface area contributed by atoms with Gasteiger partial charge in [-0.05, 0) is 18.9 Å². The molecule has 0 amide bonds. The summed E-state index contributed by atoms with van der Waals surface area (Å²) in [4.78, 5) is 0.697. The molecule has 0 fully saturated rings. The zero-order chi connectivity index (χ0) is 8.10. The van der Waals surface area contributed by atoms with Crippen LogP contribution in [0.5, 0.6) is 0 Å². The monoisotopic (exact) mass is 168 g/mol. The Labute approximate surface area is 72.2 Å². The SMILES string of the molecule is NCC(=S)NC1=CCCC=C1. The first-order valence-electron chi connectivity index (χ1n) is 3.69. The number of nitrogens with two attached hydrogens (primary N) is 1. The molecule has 11 heavy (non-hydrogen) atoms. The third-order valence-corrected chi connectivity index (χ3v) is 1.73. The van der Waals surface area contributed by atoms with Crippen LogP contribution in [0.15, 0.2) is 23.9 Å². The van der Waals surface area contributed by atoms with Gasteiger partial charge < -0.3 is 11.1 Å². The van der Waals surface area contributed by atoms with Crippen molar-refractivity contribution in [1.82, 2.24) is 5.32 Å². The lowest BCUT2D eigenvalue weighted by atomic mass is 10.1. The van der Waals surface area contributed by atoms with Crippen LogP contribution in [0.3, 0.4) is 0 Å². The highest BCUT2D eigenvalue weighted by Crippen LogP contribution is 2.06. The van der Waals surface area contributed by atoms with Crippen molar-refractivity contribution >= 4 is 17.2 Å². The summed E-state index contributed by atoms with van der Waals surface area (Å²) in [7, 11) is 0. The molecule has 0 spiro atoms. The third-order valence-electron chi connectivity index (χ3n) is 1.46. The van der Waals surface area contributed by atoms with Crippen molar-refractivity contribution in [3.63, 3.8) is 0 Å². The van der Waals surface area contributed by atoms with E-state index in [-0.39, 0.29) is 0 Å². The fourth-order valence-corrected chi connectivity index (χ4v) is 1.04. The molecule has 60 valence electrons. The lowest BCUT2D eigenvalue weighted by Crippen LogP contribution is -2.27. The Morgan fingerprint density at radius 2 is 2.45 bits per heavy atom. The van der Waals surface area contributed by atoms with E-state index in [2.05, 4.69) is 17.5 Å². The molecule has 0 aromatic carbocycles. The van der Waals surface area contributed by atoms with Gasteiger partial charge in [-0.15, -0.1) is 0 Å². The third kappa shape index (κ3) is 2.82. The van der Waals surface area contributed by atoms with Gasteiger partial charge in [0, 0.05) is 12.2 Å². The van der Waals surface area contributed by atoms with Crippen molar-refractivity contribution in [3.05, 3.63) is 23.9 Å². The molecule has 0 saturated heterocycles. The molecular formula is C8H12N2S. The van der Waals surface area contributed by atoms with Crippen molar-refractivity contribution in [2.24, 2.45) is 5.73 Å². The van der Waals surface area contributed by atoms with Gasteiger partial charge in [-0.2, -0.15) is 0 Å². The first-order chi connectivity index (χ1) is 5.33. The van der Waals surface area contributed by atoms with Gasteiger partial charge >= 0.3 is 0 Å². The van der Waals surface area contributed by atoms with E-state index in [0.717, 1.165) is 18.5 Å². The van der Waals surface area contributed by atoms with E-state index in [1.165, 1.54) is 0 Å². The molecule has 0 heterocycles. The summed E-state index contributed by atoms with van der Waals surface area (Å²) in [6.45, 7) is 0.417. The quantitative estimate of drug-likeness (QED) is 0.606. The standard InChI is InChI=1S/C8H12N2S/c9-6-8(11)10-7-4-2-1-3-5-7/h2,4-5H,1,3,6,9H2,(H,10,11). The second kappa shape index (κ2) is 4.26. The van der Waals surface area contributed by atoms with Crippen LogP contribution in [0.4, 0.5) is 0 Å². The smallest absolute Gasteiger partial charge is 0.0935 e. The molecular weight excluding hydrogens is 156 g/mol. The minimum absolute atomic E-state index is 0.417. The second-order valence-electron chi connectivity index (χ2n) is 2.39. The Balaban J connectivity index is 2.42. The molecule has 1 aliphatic carbocycles. The molecule has 0 bridgehead atoms. The number of hydrogen-bond acceptors (Lipinski definition) is 2. The van der Waals surface area contributed by atoms with Gasteiger partial charge in [-0.3, -0.25) is 0 Å². The van der Waals surface area contributed by atoms with Crippen LogP contribution >= 0.6 is 12.2 Å². The molecule has 1 aliphatic rings. The Morgan fingerprint density at radius 1 is 1.64 bits per heavy atom. The van der Waals surface area contributed by atoms with Crippen molar-refractivity contribution in [2.45, 2.75) is 12.8 Å². The fraction of sp³-hybridized carbons (Fsp3) is 0.375. The van der Waals surface area contributed by atoms with Crippen LogP contribution in [0.25, 0.3) is 0 Å². The molecule has 3 N–H and O–H groups in total. The largest absolute Gasteiger partial charge is 0.349 e. The molecule has 0 saturated carbocycles. The first kappa shape index (κ1) is 8.43. The van der Waals surface area contributed by atoms with Crippen LogP contribution in [-0.2, 0) is 0 Å². The van der Waals surface area contributed by atoms with E-state index in [9.17, 15) is 0 Å². The van der Waals surface area contributed by atoms with E-state index in [0.29, 0.717) is 11.5 Å². The summed E-state index contributed by atoms with van der Waals surface area (Å²) < 4.78 is 0. The number of hydrogen-bond donors (Lipinski definition) is 2. The maximum Gasteiger partial charge on any atom is 0.0935 e. The highest BCUT2D eigenvalue weighted by atomic mass is 32.1. The zero-order valence-corrected chi connectivity index (χ0v) is 7.16. The average Bonchev–Trinajstić information content (AvgIpc) is 2.06. The number of allylic oxidation sites excluding steroid dienone is 3. The molecule has 0 aromatic heterocycles. The van der Waals surface area contributed by atoms with E-state index in [1.54, 1.807) is 0 Å². The normalized spacial score (nSPS) is 15.9. The summed E-state index contributed by atoms with van der Waals surface area (Å²) >= 11 is 4.93. The molecule has 0 atom stereocenters. The lowest BCUT2D eigenvalue weighted by Gasteiger charge is -2.09. The Kier molecular flexibility index (Phi) is 3.26. The van der Waals surface area contributed by atoms with Crippen molar-refractivity contribution in [2.75, 3.05) is 6.54 Å². The van der Waals surface area contributed by atoms with Gasteiger partial charge in [0.1, 0.15) is 0 Å². The Morgan fingerprint density at radius 3 is 3.00 bits per heavy atom. The van der Waals surface area contributed by atoms with Crippen molar-refractivity contribution < 1.29 is 0 Å². The Bertz CT molecular complexity index is 206. The maximum atomic E-state index is 5.33. The van der Waals surface area contributed by atoms with Crippen molar-refractivity contribution in [1.29, 1.82) is 0 Å². The summed E-state index contributed by atoms with van der Waals surface area (Å²) in [5.41, 5.74) is 6.41. The first-order valence-corrected chi connectivity index (χ1v) is 4.10. The van der Waals surface area contributed by atoms with Crippen LogP contribution in [0.1, 0.15) is 12.8 Å². The summed E-state index contributed by atoms with van der Waals surface area (Å²) in [6, 6.07) is 0. The predicted molar refractivity (Wildman–Crippen MR) is 51.2 cm³/mol. The molecule has 0 unspecified atom stereocenters. The van der Waals surface area contributed by atoms with Crippen LogP contribution in [0.2, 0.25) is 0 Å².